The summed E-state index contributed by atoms with van der Waals surface area (Å²) in [6, 6.07) is 23.4. The van der Waals surface area contributed by atoms with E-state index in [0.717, 1.165) is 43.8 Å². The molecule has 0 unspecified atom stereocenters. The molecule has 8 atom stereocenters. The molecule has 1 aliphatic heterocycles. The number of aromatic amines is 3. The average Bonchev–Trinajstić information content (AvgIpc) is 4.53. The number of likely N-dealkylation sites (tertiary alicyclic amines) is 1. The molecule has 1 fully saturated rings. The molecule has 3 aromatic heterocycles. The van der Waals surface area contributed by atoms with Gasteiger partial charge >= 0.3 is 0 Å². The molecule has 22 heteroatoms. The molecule has 0 saturated carbocycles. The second-order valence-corrected chi connectivity index (χ2v) is 21.9. The SMILES string of the molecule is CC[C@H](C)[C@H](NC(=O)CNC(=O)[C@@H]1CCCN1C(=O)[C@H](Cc1c[nH]c2ccccc12)NC(=O)[C@H](Cc1c[nH]c2ccccc12)NC(=O)[C@H](CCCCN)NC(=O)[C@H](Cc1c[nH]c2ccccc12)NC(C)=O)C(=O)N[C@@H](Cc1ccccc1)C(N)=O. The van der Waals surface area contributed by atoms with Crippen LogP contribution in [0.3, 0.4) is 0 Å². The first-order valence-corrected chi connectivity index (χ1v) is 29.1. The Morgan fingerprint density at radius 1 is 0.576 bits per heavy atom. The number of aromatic nitrogens is 3. The minimum Gasteiger partial charge on any atom is -0.368 e. The number of benzene rings is 4. The quantitative estimate of drug-likeness (QED) is 0.0304. The van der Waals surface area contributed by atoms with Gasteiger partial charge < -0.3 is 68.5 Å². The molecule has 9 amide bonds. The summed E-state index contributed by atoms with van der Waals surface area (Å²) in [7, 11) is 0. The van der Waals surface area contributed by atoms with Crippen LogP contribution >= 0.6 is 0 Å². The van der Waals surface area contributed by atoms with E-state index in [1.807, 2.05) is 85.8 Å². The zero-order chi connectivity index (χ0) is 60.6. The molecule has 7 aromatic rings. The minimum absolute atomic E-state index is 0.0324. The summed E-state index contributed by atoms with van der Waals surface area (Å²) in [5.41, 5.74) is 16.9. The van der Waals surface area contributed by atoms with Crippen molar-refractivity contribution in [2.45, 2.75) is 127 Å². The van der Waals surface area contributed by atoms with Crippen molar-refractivity contribution in [3.05, 3.63) is 144 Å². The van der Waals surface area contributed by atoms with Crippen LogP contribution in [0.1, 0.15) is 81.5 Å². The van der Waals surface area contributed by atoms with Gasteiger partial charge in [-0.05, 0) is 85.0 Å². The number of fused-ring (bicyclic) bond motifs is 3. The van der Waals surface area contributed by atoms with Gasteiger partial charge in [0.1, 0.15) is 42.3 Å². The standard InChI is InChI=1S/C63H77N13O9/c1-4-37(2)56(62(84)72-50(57(65)79)29-39-17-6-5-7-18-39)75-55(78)36-69-61(83)54-26-16-28-76(54)63(85)53(32-42-35-68-48-24-13-10-21-45(42)48)74-60(82)52(31-41-34-67-47-23-12-9-20-44(41)47)73-58(80)49(25-14-15-27-64)71-59(81)51(70-38(3)77)30-40-33-66-46-22-11-8-19-43(40)46/h5-13,17-24,33-35,37,49-54,56,66-68H,4,14-16,25-32,36,64H2,1-3H3,(H2,65,79)(H,69,83)(H,70,77)(H,71,81)(H,72,84)(H,73,80)(H,74,82)(H,75,78)/t37-,49-,50-,51-,52-,53-,54-,56-/m0/s1. The van der Waals surface area contributed by atoms with Crippen LogP contribution in [0.2, 0.25) is 0 Å². The van der Waals surface area contributed by atoms with Crippen LogP contribution in [-0.2, 0) is 68.8 Å². The highest BCUT2D eigenvalue weighted by Crippen LogP contribution is 2.25. The van der Waals surface area contributed by atoms with Gasteiger partial charge in [0, 0.05) is 90.5 Å². The van der Waals surface area contributed by atoms with Crippen molar-refractivity contribution in [2.24, 2.45) is 17.4 Å². The number of primary amides is 1. The fraction of sp³-hybridized carbons (Fsp3) is 0.381. The molecule has 0 radical (unpaired) electrons. The van der Waals surface area contributed by atoms with Crippen LogP contribution in [0.5, 0.6) is 0 Å². The summed E-state index contributed by atoms with van der Waals surface area (Å²) in [4.78, 5) is 137. The molecule has 4 aromatic carbocycles. The molecule has 448 valence electrons. The van der Waals surface area contributed by atoms with E-state index in [-0.39, 0.29) is 51.0 Å². The lowest BCUT2D eigenvalue weighted by Crippen LogP contribution is -2.60. The molecule has 85 heavy (non-hydrogen) atoms. The van der Waals surface area contributed by atoms with Gasteiger partial charge in [-0.2, -0.15) is 0 Å². The normalized spacial score (nSPS) is 15.6. The monoisotopic (exact) mass is 1160 g/mol. The van der Waals surface area contributed by atoms with Crippen LogP contribution in [0.15, 0.2) is 122 Å². The van der Waals surface area contributed by atoms with Crippen molar-refractivity contribution >= 4 is 85.9 Å². The van der Waals surface area contributed by atoms with Gasteiger partial charge in [-0.3, -0.25) is 43.2 Å². The Kier molecular flexibility index (Phi) is 21.3. The summed E-state index contributed by atoms with van der Waals surface area (Å²) >= 11 is 0. The highest BCUT2D eigenvalue weighted by Gasteiger charge is 2.40. The maximum atomic E-state index is 15.2. The first-order valence-electron chi connectivity index (χ1n) is 29.1. The van der Waals surface area contributed by atoms with Crippen molar-refractivity contribution in [3.63, 3.8) is 0 Å². The molecule has 8 rings (SSSR count). The number of carbonyl (C=O) groups is 9. The van der Waals surface area contributed by atoms with Gasteiger partial charge in [0.05, 0.1) is 6.54 Å². The van der Waals surface area contributed by atoms with E-state index in [9.17, 15) is 33.6 Å². The third-order valence-corrected chi connectivity index (χ3v) is 15.8. The van der Waals surface area contributed by atoms with E-state index in [1.54, 1.807) is 49.8 Å². The van der Waals surface area contributed by atoms with Crippen LogP contribution in [0.4, 0.5) is 0 Å². The maximum Gasteiger partial charge on any atom is 0.246 e. The van der Waals surface area contributed by atoms with E-state index in [0.29, 0.717) is 43.4 Å². The summed E-state index contributed by atoms with van der Waals surface area (Å²) in [6.07, 6.45) is 7.67. The molecular weight excluding hydrogens is 1080 g/mol. The summed E-state index contributed by atoms with van der Waals surface area (Å²) < 4.78 is 0. The van der Waals surface area contributed by atoms with Crippen LogP contribution in [0.25, 0.3) is 32.7 Å². The number of unbranched alkanes of at least 4 members (excludes halogenated alkanes) is 1. The number of nitrogens with two attached hydrogens (primary N) is 2. The number of carbonyl (C=O) groups excluding carboxylic acids is 9. The van der Waals surface area contributed by atoms with E-state index < -0.39 is 102 Å². The lowest BCUT2D eigenvalue weighted by Gasteiger charge is -2.30. The number of H-pyrrole nitrogens is 3. The maximum absolute atomic E-state index is 15.2. The summed E-state index contributed by atoms with van der Waals surface area (Å²) in [5.74, 6) is -6.13. The van der Waals surface area contributed by atoms with Gasteiger partial charge in [0.2, 0.25) is 53.2 Å². The van der Waals surface area contributed by atoms with E-state index >= 15 is 9.59 Å². The average molecular weight is 1160 g/mol. The highest BCUT2D eigenvalue weighted by molar-refractivity contribution is 5.99. The Balaban J connectivity index is 1.01. The van der Waals surface area contributed by atoms with Gasteiger partial charge in [-0.25, -0.2) is 0 Å². The Labute approximate surface area is 492 Å². The van der Waals surface area contributed by atoms with Crippen LogP contribution in [0, 0.1) is 5.92 Å². The number of hydrogen-bond donors (Lipinski definition) is 12. The van der Waals surface area contributed by atoms with Gasteiger partial charge in [-0.1, -0.05) is 105 Å². The Hall–Kier alpha value is -9.31. The van der Waals surface area contributed by atoms with Crippen molar-refractivity contribution in [2.75, 3.05) is 19.6 Å². The van der Waals surface area contributed by atoms with E-state index in [1.165, 1.54) is 11.8 Å². The fourth-order valence-corrected chi connectivity index (χ4v) is 11.1. The lowest BCUT2D eigenvalue weighted by atomic mass is 9.97. The van der Waals surface area contributed by atoms with Crippen molar-refractivity contribution in [3.8, 4) is 0 Å². The predicted octanol–water partition coefficient (Wildman–Crippen LogP) is 3.10. The molecule has 14 N–H and O–H groups in total. The summed E-state index contributed by atoms with van der Waals surface area (Å²) in [6.45, 7) is 4.84. The largest absolute Gasteiger partial charge is 0.368 e. The third kappa shape index (κ3) is 16.1. The third-order valence-electron chi connectivity index (χ3n) is 15.8. The molecule has 1 saturated heterocycles. The molecular formula is C63H77N13O9. The van der Waals surface area contributed by atoms with Gasteiger partial charge in [0.25, 0.3) is 0 Å². The minimum atomic E-state index is -1.33. The molecule has 1 aliphatic rings. The number of para-hydroxylation sites is 3. The highest BCUT2D eigenvalue weighted by atomic mass is 16.2. The molecule has 4 heterocycles. The number of rotatable bonds is 29. The first kappa shape index (κ1) is 61.8. The smallest absolute Gasteiger partial charge is 0.246 e. The second-order valence-electron chi connectivity index (χ2n) is 21.9. The number of amides is 9. The Morgan fingerprint density at radius 2 is 1.06 bits per heavy atom. The summed E-state index contributed by atoms with van der Waals surface area (Å²) in [5, 5.41) is 22.0. The molecule has 0 bridgehead atoms. The van der Waals surface area contributed by atoms with Crippen molar-refractivity contribution in [1.82, 2.24) is 57.1 Å². The second kappa shape index (κ2) is 29.3. The van der Waals surface area contributed by atoms with Gasteiger partial charge in [0.15, 0.2) is 0 Å². The molecule has 22 nitrogen and oxygen atoms in total. The fourth-order valence-electron chi connectivity index (χ4n) is 11.1. The zero-order valence-corrected chi connectivity index (χ0v) is 48.1. The van der Waals surface area contributed by atoms with Gasteiger partial charge in [-0.15, -0.1) is 0 Å². The predicted molar refractivity (Wildman–Crippen MR) is 323 cm³/mol. The molecule has 0 aliphatic carbocycles. The Morgan fingerprint density at radius 3 is 1.59 bits per heavy atom. The number of nitrogens with zero attached hydrogens (tertiary/aromatic N) is 1. The van der Waals surface area contributed by atoms with Crippen molar-refractivity contribution < 1.29 is 43.2 Å². The van der Waals surface area contributed by atoms with E-state index in [4.69, 9.17) is 11.5 Å². The van der Waals surface area contributed by atoms with Crippen LogP contribution < -0.4 is 48.7 Å². The van der Waals surface area contributed by atoms with E-state index in [2.05, 4.69) is 52.2 Å². The number of hydrogen-bond acceptors (Lipinski definition) is 10. The molecule has 0 spiro atoms. The van der Waals surface area contributed by atoms with Crippen molar-refractivity contribution in [1.29, 1.82) is 0 Å². The zero-order valence-electron chi connectivity index (χ0n) is 48.1. The number of nitrogens with one attached hydrogen (secondary N) is 10. The Bertz CT molecular complexity index is 3500. The topological polar surface area (TPSA) is 340 Å². The van der Waals surface area contributed by atoms with Crippen LogP contribution in [-0.4, -0.2) is 135 Å². The lowest BCUT2D eigenvalue weighted by molar-refractivity contribution is -0.142. The first-order chi connectivity index (χ1) is 41.0.